The first-order valence-corrected chi connectivity index (χ1v) is 12.3. The van der Waals surface area contributed by atoms with Gasteiger partial charge in [0.15, 0.2) is 0 Å². The van der Waals surface area contributed by atoms with Crippen LogP contribution in [0.25, 0.3) is 0 Å². The van der Waals surface area contributed by atoms with E-state index in [4.69, 9.17) is 11.6 Å². The van der Waals surface area contributed by atoms with Crippen molar-refractivity contribution in [1.29, 1.82) is 0 Å². The van der Waals surface area contributed by atoms with Crippen molar-refractivity contribution in [2.75, 3.05) is 31.2 Å². The molecule has 3 aromatic carbocycles. The number of hydrogen-bond donors (Lipinski definition) is 0. The molecule has 0 bridgehead atoms. The van der Waals surface area contributed by atoms with E-state index in [1.807, 2.05) is 17.0 Å². The van der Waals surface area contributed by atoms with Crippen molar-refractivity contribution in [3.05, 3.63) is 101 Å². The zero-order valence-electron chi connectivity index (χ0n) is 19.4. The van der Waals surface area contributed by atoms with E-state index in [1.165, 1.54) is 16.1 Å². The summed E-state index contributed by atoms with van der Waals surface area (Å²) < 4.78 is 0. The van der Waals surface area contributed by atoms with Crippen LogP contribution in [0.15, 0.2) is 90.0 Å². The molecule has 1 fully saturated rings. The highest BCUT2D eigenvalue weighted by molar-refractivity contribution is 6.40. The van der Waals surface area contributed by atoms with Crippen molar-refractivity contribution in [2.45, 2.75) is 18.9 Å². The molecule has 3 aromatic rings. The van der Waals surface area contributed by atoms with E-state index in [1.54, 1.807) is 24.3 Å². The van der Waals surface area contributed by atoms with Crippen LogP contribution in [0.1, 0.15) is 30.0 Å². The fourth-order valence-electron chi connectivity index (χ4n) is 4.74. The van der Waals surface area contributed by atoms with Crippen LogP contribution in [0.4, 0.5) is 5.69 Å². The number of rotatable bonds is 5. The molecule has 0 saturated carbocycles. The Hall–Kier alpha value is -3.48. The van der Waals surface area contributed by atoms with E-state index >= 15 is 0 Å². The lowest BCUT2D eigenvalue weighted by atomic mass is 9.96. The molecule has 5 rings (SSSR count). The number of amides is 2. The molecule has 0 unspecified atom stereocenters. The van der Waals surface area contributed by atoms with Gasteiger partial charge in [-0.3, -0.25) is 14.5 Å². The molecule has 0 N–H and O–H groups in total. The standard InChI is InChI=1S/C28H27ClN4O2/c29-23-11-13-24(14-12-23)33-26(34)16-15-25(30-33)28(35)32-19-17-31(18-20-32)27(21-7-3-1-4-8-21)22-9-5-2-6-10-22/h1-14,27H,15-20H2. The Morgan fingerprint density at radius 2 is 1.34 bits per heavy atom. The molecule has 0 aliphatic carbocycles. The Labute approximate surface area is 210 Å². The highest BCUT2D eigenvalue weighted by atomic mass is 35.5. The second-order valence-electron chi connectivity index (χ2n) is 8.78. The predicted molar refractivity (Wildman–Crippen MR) is 138 cm³/mol. The lowest BCUT2D eigenvalue weighted by Gasteiger charge is -2.40. The third-order valence-electron chi connectivity index (χ3n) is 6.55. The number of nitrogens with zero attached hydrogens (tertiary/aromatic N) is 4. The molecule has 2 amide bonds. The van der Waals surface area contributed by atoms with Gasteiger partial charge >= 0.3 is 0 Å². The van der Waals surface area contributed by atoms with Crippen LogP contribution in [0.3, 0.4) is 0 Å². The van der Waals surface area contributed by atoms with Crippen molar-refractivity contribution in [3.8, 4) is 0 Å². The predicted octanol–water partition coefficient (Wildman–Crippen LogP) is 4.76. The summed E-state index contributed by atoms with van der Waals surface area (Å²) in [7, 11) is 0. The Balaban J connectivity index is 1.30. The summed E-state index contributed by atoms with van der Waals surface area (Å²) in [5.74, 6) is -0.214. The Morgan fingerprint density at radius 3 is 1.91 bits per heavy atom. The SMILES string of the molecule is O=C(C1=NN(c2ccc(Cl)cc2)C(=O)CC1)N1CCN(C(c2ccccc2)c2ccccc2)CC1. The minimum atomic E-state index is -0.123. The number of carbonyl (C=O) groups is 2. The highest BCUT2D eigenvalue weighted by Crippen LogP contribution is 2.30. The minimum absolute atomic E-state index is 0.0907. The first-order valence-electron chi connectivity index (χ1n) is 11.9. The molecule has 0 atom stereocenters. The lowest BCUT2D eigenvalue weighted by Crippen LogP contribution is -2.52. The molecule has 0 radical (unpaired) electrons. The number of benzene rings is 3. The molecule has 2 aliphatic rings. The summed E-state index contributed by atoms with van der Waals surface area (Å²) >= 11 is 5.98. The van der Waals surface area contributed by atoms with Gasteiger partial charge in [-0.1, -0.05) is 72.3 Å². The van der Waals surface area contributed by atoms with Crippen LogP contribution in [-0.4, -0.2) is 53.5 Å². The number of piperazine rings is 1. The summed E-state index contributed by atoms with van der Waals surface area (Å²) in [6.07, 6.45) is 0.621. The second-order valence-corrected chi connectivity index (χ2v) is 9.22. The average Bonchev–Trinajstić information content (AvgIpc) is 2.91. The molecule has 2 aliphatic heterocycles. The summed E-state index contributed by atoms with van der Waals surface area (Å²) in [6, 6.07) is 28.0. The van der Waals surface area contributed by atoms with Gasteiger partial charge in [-0.25, -0.2) is 5.01 Å². The number of hydrazone groups is 1. The van der Waals surface area contributed by atoms with E-state index < -0.39 is 0 Å². The van der Waals surface area contributed by atoms with Crippen molar-refractivity contribution in [2.24, 2.45) is 5.10 Å². The van der Waals surface area contributed by atoms with Crippen molar-refractivity contribution in [1.82, 2.24) is 9.80 Å². The van der Waals surface area contributed by atoms with Gasteiger partial charge in [-0.2, -0.15) is 5.10 Å². The fourth-order valence-corrected chi connectivity index (χ4v) is 4.87. The van der Waals surface area contributed by atoms with Crippen LogP contribution in [-0.2, 0) is 9.59 Å². The highest BCUT2D eigenvalue weighted by Gasteiger charge is 2.32. The van der Waals surface area contributed by atoms with Crippen LogP contribution in [0, 0.1) is 0 Å². The van der Waals surface area contributed by atoms with Crippen molar-refractivity contribution >= 4 is 34.8 Å². The molecular formula is C28H27ClN4O2. The summed E-state index contributed by atoms with van der Waals surface area (Å²) in [4.78, 5) is 30.1. The molecule has 178 valence electrons. The maximum absolute atomic E-state index is 13.3. The topological polar surface area (TPSA) is 56.2 Å². The molecule has 35 heavy (non-hydrogen) atoms. The molecule has 2 heterocycles. The summed E-state index contributed by atoms with van der Waals surface area (Å²) in [5.41, 5.74) is 3.53. The zero-order valence-corrected chi connectivity index (χ0v) is 20.1. The van der Waals surface area contributed by atoms with Gasteiger partial charge in [-0.15, -0.1) is 0 Å². The van der Waals surface area contributed by atoms with Gasteiger partial charge in [0.05, 0.1) is 11.7 Å². The fraction of sp³-hybridized carbons (Fsp3) is 0.250. The third kappa shape index (κ3) is 5.14. The maximum Gasteiger partial charge on any atom is 0.270 e. The van der Waals surface area contributed by atoms with Gasteiger partial charge in [-0.05, 0) is 35.4 Å². The van der Waals surface area contributed by atoms with Gasteiger partial charge < -0.3 is 4.90 Å². The zero-order chi connectivity index (χ0) is 24.2. The quantitative estimate of drug-likeness (QED) is 0.522. The van der Waals surface area contributed by atoms with Gasteiger partial charge in [0.2, 0.25) is 5.91 Å². The van der Waals surface area contributed by atoms with Crippen molar-refractivity contribution < 1.29 is 9.59 Å². The normalized spacial score (nSPS) is 17.0. The number of halogens is 1. The number of carbonyl (C=O) groups excluding carboxylic acids is 2. The summed E-state index contributed by atoms with van der Waals surface area (Å²) in [6.45, 7) is 2.74. The molecule has 7 heteroatoms. The van der Waals surface area contributed by atoms with Gasteiger partial charge in [0.25, 0.3) is 5.91 Å². The lowest BCUT2D eigenvalue weighted by molar-refractivity contribution is -0.126. The molecule has 6 nitrogen and oxygen atoms in total. The number of hydrogen-bond acceptors (Lipinski definition) is 4. The van der Waals surface area contributed by atoms with E-state index in [2.05, 4.69) is 58.5 Å². The molecule has 1 saturated heterocycles. The van der Waals surface area contributed by atoms with Crippen LogP contribution >= 0.6 is 11.6 Å². The monoisotopic (exact) mass is 486 g/mol. The van der Waals surface area contributed by atoms with Crippen LogP contribution in [0.5, 0.6) is 0 Å². The van der Waals surface area contributed by atoms with Crippen LogP contribution < -0.4 is 5.01 Å². The molecule has 0 spiro atoms. The number of anilines is 1. The van der Waals surface area contributed by atoms with E-state index in [0.29, 0.717) is 35.9 Å². The average molecular weight is 487 g/mol. The van der Waals surface area contributed by atoms with Gasteiger partial charge in [0, 0.05) is 44.0 Å². The van der Waals surface area contributed by atoms with E-state index in [9.17, 15) is 9.59 Å². The van der Waals surface area contributed by atoms with Crippen LogP contribution in [0.2, 0.25) is 5.02 Å². The first kappa shape index (κ1) is 23.3. The summed E-state index contributed by atoms with van der Waals surface area (Å²) in [5, 5.41) is 6.35. The van der Waals surface area contributed by atoms with E-state index in [-0.39, 0.29) is 24.3 Å². The minimum Gasteiger partial charge on any atom is -0.335 e. The third-order valence-corrected chi connectivity index (χ3v) is 6.80. The smallest absolute Gasteiger partial charge is 0.270 e. The Morgan fingerprint density at radius 1 is 0.771 bits per heavy atom. The largest absolute Gasteiger partial charge is 0.335 e. The van der Waals surface area contributed by atoms with Gasteiger partial charge in [0.1, 0.15) is 5.71 Å². The second kappa shape index (κ2) is 10.4. The van der Waals surface area contributed by atoms with E-state index in [0.717, 1.165) is 13.1 Å². The first-order chi connectivity index (χ1) is 17.1. The Kier molecular flexibility index (Phi) is 6.93. The molecule has 0 aromatic heterocycles. The maximum atomic E-state index is 13.3. The Bertz CT molecular complexity index is 1170. The molecular weight excluding hydrogens is 460 g/mol. The van der Waals surface area contributed by atoms with Crippen molar-refractivity contribution in [3.63, 3.8) is 0 Å².